The zero-order chi connectivity index (χ0) is 14.8. The molecule has 1 aromatic carbocycles. The summed E-state index contributed by atoms with van der Waals surface area (Å²) in [6, 6.07) is 7.17. The Labute approximate surface area is 131 Å². The number of morpholine rings is 1. The lowest BCUT2D eigenvalue weighted by molar-refractivity contribution is 0.0524. The third-order valence-electron chi connectivity index (χ3n) is 5.07. The van der Waals surface area contributed by atoms with Gasteiger partial charge in [-0.1, -0.05) is 18.6 Å². The van der Waals surface area contributed by atoms with Gasteiger partial charge in [0.15, 0.2) is 11.5 Å². The molecule has 3 unspecified atom stereocenters. The number of rotatable bonds is 4. The van der Waals surface area contributed by atoms with Gasteiger partial charge in [-0.15, -0.1) is 0 Å². The number of hydrogen-bond acceptors (Lipinski definition) is 5. The van der Waals surface area contributed by atoms with Gasteiger partial charge in [0.1, 0.15) is 0 Å². The van der Waals surface area contributed by atoms with Gasteiger partial charge in [-0.3, -0.25) is 0 Å². The van der Waals surface area contributed by atoms with Gasteiger partial charge in [-0.2, -0.15) is 0 Å². The molecule has 2 fully saturated rings. The molecular weight excluding hydrogens is 280 g/mol. The fourth-order valence-corrected chi connectivity index (χ4v) is 3.96. The van der Waals surface area contributed by atoms with Crippen molar-refractivity contribution in [1.82, 2.24) is 10.6 Å². The van der Waals surface area contributed by atoms with Crippen molar-refractivity contribution in [3.8, 4) is 11.5 Å². The van der Waals surface area contributed by atoms with Crippen LogP contribution in [-0.4, -0.2) is 38.6 Å². The predicted molar refractivity (Wildman–Crippen MR) is 83.1 cm³/mol. The lowest BCUT2D eigenvalue weighted by Crippen LogP contribution is -2.50. The number of para-hydroxylation sites is 1. The highest BCUT2D eigenvalue weighted by Crippen LogP contribution is 2.36. The fraction of sp³-hybridized carbons (Fsp3) is 0.647. The molecule has 4 rings (SSSR count). The van der Waals surface area contributed by atoms with Gasteiger partial charge in [0.25, 0.3) is 0 Å². The second-order valence-electron chi connectivity index (χ2n) is 6.37. The van der Waals surface area contributed by atoms with Crippen molar-refractivity contribution < 1.29 is 14.2 Å². The SMILES string of the molecule is c1cc(CNC2CCCC2C2COCCN2)c2c(c1)OCO2. The second kappa shape index (κ2) is 6.44. The molecule has 1 saturated heterocycles. The summed E-state index contributed by atoms with van der Waals surface area (Å²) in [5, 5.41) is 7.37. The van der Waals surface area contributed by atoms with E-state index in [1.165, 1.54) is 24.8 Å². The highest BCUT2D eigenvalue weighted by Gasteiger charge is 2.34. The molecule has 0 spiro atoms. The van der Waals surface area contributed by atoms with Crippen molar-refractivity contribution in [3.05, 3.63) is 23.8 Å². The summed E-state index contributed by atoms with van der Waals surface area (Å²) >= 11 is 0. The minimum Gasteiger partial charge on any atom is -0.454 e. The van der Waals surface area contributed by atoms with Crippen molar-refractivity contribution in [3.63, 3.8) is 0 Å². The van der Waals surface area contributed by atoms with E-state index in [2.05, 4.69) is 16.7 Å². The number of ether oxygens (including phenoxy) is 3. The molecule has 1 aromatic rings. The molecule has 5 heteroatoms. The third-order valence-corrected chi connectivity index (χ3v) is 5.07. The molecule has 0 aromatic heterocycles. The summed E-state index contributed by atoms with van der Waals surface area (Å²) in [4.78, 5) is 0. The molecule has 0 amide bonds. The minimum absolute atomic E-state index is 0.335. The Morgan fingerprint density at radius 2 is 2.23 bits per heavy atom. The summed E-state index contributed by atoms with van der Waals surface area (Å²) < 4.78 is 16.7. The zero-order valence-electron chi connectivity index (χ0n) is 12.8. The van der Waals surface area contributed by atoms with Gasteiger partial charge in [0, 0.05) is 30.7 Å². The van der Waals surface area contributed by atoms with Gasteiger partial charge in [0.05, 0.1) is 13.2 Å². The Morgan fingerprint density at radius 1 is 1.23 bits per heavy atom. The summed E-state index contributed by atoms with van der Waals surface area (Å²) in [6.45, 7) is 3.84. The van der Waals surface area contributed by atoms with Crippen molar-refractivity contribution >= 4 is 0 Å². The van der Waals surface area contributed by atoms with Crippen molar-refractivity contribution in [1.29, 1.82) is 0 Å². The summed E-state index contributed by atoms with van der Waals surface area (Å²) in [6.07, 6.45) is 3.83. The molecule has 0 radical (unpaired) electrons. The summed E-state index contributed by atoms with van der Waals surface area (Å²) in [5.41, 5.74) is 1.19. The average Bonchev–Trinajstić information content (AvgIpc) is 3.23. The van der Waals surface area contributed by atoms with Crippen LogP contribution in [0.5, 0.6) is 11.5 Å². The predicted octanol–water partition coefficient (Wildman–Crippen LogP) is 1.66. The first-order chi connectivity index (χ1) is 10.9. The monoisotopic (exact) mass is 304 g/mol. The minimum atomic E-state index is 0.335. The van der Waals surface area contributed by atoms with E-state index in [1.807, 2.05) is 12.1 Å². The Kier molecular flexibility index (Phi) is 4.19. The van der Waals surface area contributed by atoms with Crippen molar-refractivity contribution in [2.75, 3.05) is 26.6 Å². The van der Waals surface area contributed by atoms with Crippen LogP contribution in [0.1, 0.15) is 24.8 Å². The molecule has 5 nitrogen and oxygen atoms in total. The molecule has 2 N–H and O–H groups in total. The molecule has 3 atom stereocenters. The number of benzene rings is 1. The molecule has 2 heterocycles. The molecule has 1 aliphatic carbocycles. The van der Waals surface area contributed by atoms with Crippen LogP contribution >= 0.6 is 0 Å². The van der Waals surface area contributed by atoms with Crippen LogP contribution in [0.15, 0.2) is 18.2 Å². The Balaban J connectivity index is 1.39. The van der Waals surface area contributed by atoms with Crippen LogP contribution in [-0.2, 0) is 11.3 Å². The van der Waals surface area contributed by atoms with E-state index < -0.39 is 0 Å². The van der Waals surface area contributed by atoms with Crippen LogP contribution in [0.2, 0.25) is 0 Å². The first-order valence-electron chi connectivity index (χ1n) is 8.34. The molecule has 3 aliphatic rings. The van der Waals surface area contributed by atoms with E-state index in [0.717, 1.165) is 37.8 Å². The largest absolute Gasteiger partial charge is 0.454 e. The maximum atomic E-state index is 5.64. The van der Waals surface area contributed by atoms with Crippen LogP contribution < -0.4 is 20.1 Å². The molecule has 120 valence electrons. The maximum Gasteiger partial charge on any atom is 0.231 e. The van der Waals surface area contributed by atoms with Crippen molar-refractivity contribution in [2.24, 2.45) is 5.92 Å². The number of nitrogens with one attached hydrogen (secondary N) is 2. The molecule has 0 bridgehead atoms. The number of fused-ring (bicyclic) bond motifs is 1. The van der Waals surface area contributed by atoms with Gasteiger partial charge < -0.3 is 24.8 Å². The normalized spacial score (nSPS) is 30.6. The average molecular weight is 304 g/mol. The molecule has 1 saturated carbocycles. The maximum absolute atomic E-state index is 5.64. The van der Waals surface area contributed by atoms with Gasteiger partial charge >= 0.3 is 0 Å². The van der Waals surface area contributed by atoms with E-state index >= 15 is 0 Å². The van der Waals surface area contributed by atoms with Gasteiger partial charge in [-0.05, 0) is 24.8 Å². The third kappa shape index (κ3) is 2.81. The first kappa shape index (κ1) is 14.3. The summed E-state index contributed by atoms with van der Waals surface area (Å²) in [7, 11) is 0. The van der Waals surface area contributed by atoms with Gasteiger partial charge in [-0.25, -0.2) is 0 Å². The standard InChI is InChI=1S/C17H24N2O3/c1-3-12(17-16(6-1)21-11-22-17)9-19-14-5-2-4-13(14)15-10-20-8-7-18-15/h1,3,6,13-15,18-19H,2,4-5,7-11H2. The second-order valence-corrected chi connectivity index (χ2v) is 6.37. The summed E-state index contributed by atoms with van der Waals surface area (Å²) in [5.74, 6) is 2.43. The van der Waals surface area contributed by atoms with Crippen LogP contribution in [0.25, 0.3) is 0 Å². The lowest BCUT2D eigenvalue weighted by Gasteiger charge is -2.33. The highest BCUT2D eigenvalue weighted by atomic mass is 16.7. The Morgan fingerprint density at radius 3 is 3.14 bits per heavy atom. The molecule has 22 heavy (non-hydrogen) atoms. The fourth-order valence-electron chi connectivity index (χ4n) is 3.96. The van der Waals surface area contributed by atoms with E-state index in [-0.39, 0.29) is 0 Å². The van der Waals surface area contributed by atoms with E-state index in [9.17, 15) is 0 Å². The molecule has 2 aliphatic heterocycles. The van der Waals surface area contributed by atoms with Crippen LogP contribution in [0, 0.1) is 5.92 Å². The molecular formula is C17H24N2O3. The highest BCUT2D eigenvalue weighted by molar-refractivity contribution is 5.48. The quantitative estimate of drug-likeness (QED) is 0.886. The zero-order valence-corrected chi connectivity index (χ0v) is 12.8. The van der Waals surface area contributed by atoms with Crippen molar-refractivity contribution in [2.45, 2.75) is 37.9 Å². The first-order valence-corrected chi connectivity index (χ1v) is 8.34. The Bertz CT molecular complexity index is 517. The Hall–Kier alpha value is -1.30. The van der Waals surface area contributed by atoms with Crippen LogP contribution in [0.4, 0.5) is 0 Å². The topological polar surface area (TPSA) is 51.8 Å². The van der Waals surface area contributed by atoms with E-state index in [0.29, 0.717) is 24.8 Å². The number of hydrogen-bond donors (Lipinski definition) is 2. The van der Waals surface area contributed by atoms with E-state index in [4.69, 9.17) is 14.2 Å². The lowest BCUT2D eigenvalue weighted by atomic mass is 9.94. The smallest absolute Gasteiger partial charge is 0.231 e. The van der Waals surface area contributed by atoms with Gasteiger partial charge in [0.2, 0.25) is 6.79 Å². The van der Waals surface area contributed by atoms with Crippen LogP contribution in [0.3, 0.4) is 0 Å². The van der Waals surface area contributed by atoms with E-state index in [1.54, 1.807) is 0 Å².